The lowest BCUT2D eigenvalue weighted by atomic mass is 9.77. The summed E-state index contributed by atoms with van der Waals surface area (Å²) in [5, 5.41) is 4.51. The summed E-state index contributed by atoms with van der Waals surface area (Å²) in [6.45, 7) is 3.49. The maximum absolute atomic E-state index is 11.6. The first-order chi connectivity index (χ1) is 7.74. The van der Waals surface area contributed by atoms with Crippen LogP contribution in [0.2, 0.25) is 0 Å². The van der Waals surface area contributed by atoms with Gasteiger partial charge in [0.05, 0.1) is 6.16 Å². The molecule has 0 spiro atoms. The Hall–Kier alpha value is -0.910. The molecule has 0 aromatic rings. The standard InChI is InChI=1S/C9H17N2O5P/c1-3-9(4-2,5-17(14,15)16)6-7(12)11-8(13)10-6/h6H,3-5H2,1-2H3,(H2,14,15,16)(H2,10,11,12,13). The molecular formula is C9H17N2O5P. The van der Waals surface area contributed by atoms with Gasteiger partial charge in [-0.1, -0.05) is 13.8 Å². The Kier molecular flexibility index (Phi) is 3.96. The molecule has 17 heavy (non-hydrogen) atoms. The number of hydrogen-bond acceptors (Lipinski definition) is 3. The van der Waals surface area contributed by atoms with E-state index in [0.29, 0.717) is 12.8 Å². The van der Waals surface area contributed by atoms with Gasteiger partial charge in [-0.3, -0.25) is 14.7 Å². The average molecular weight is 264 g/mol. The minimum Gasteiger partial charge on any atom is -0.325 e. The Balaban J connectivity index is 3.03. The second kappa shape index (κ2) is 4.76. The molecule has 0 radical (unpaired) electrons. The van der Waals surface area contributed by atoms with E-state index in [1.165, 1.54) is 0 Å². The van der Waals surface area contributed by atoms with Crippen molar-refractivity contribution in [3.63, 3.8) is 0 Å². The summed E-state index contributed by atoms with van der Waals surface area (Å²) in [7, 11) is -4.25. The molecule has 1 fully saturated rings. The third kappa shape index (κ3) is 3.06. The van der Waals surface area contributed by atoms with Crippen molar-refractivity contribution in [2.45, 2.75) is 32.7 Å². The number of imide groups is 1. The van der Waals surface area contributed by atoms with Crippen LogP contribution in [0.5, 0.6) is 0 Å². The van der Waals surface area contributed by atoms with Crippen LogP contribution in [-0.4, -0.2) is 33.9 Å². The maximum Gasteiger partial charge on any atom is 0.326 e. The Bertz CT molecular complexity index is 374. The number of carbonyl (C=O) groups excluding carboxylic acids is 2. The largest absolute Gasteiger partial charge is 0.326 e. The molecule has 0 aromatic heterocycles. The van der Waals surface area contributed by atoms with Gasteiger partial charge in [-0.05, 0) is 12.8 Å². The van der Waals surface area contributed by atoms with E-state index >= 15 is 0 Å². The number of carbonyl (C=O) groups is 2. The van der Waals surface area contributed by atoms with Crippen molar-refractivity contribution in [1.82, 2.24) is 10.6 Å². The van der Waals surface area contributed by atoms with Crippen LogP contribution < -0.4 is 10.6 Å². The first-order valence-electron chi connectivity index (χ1n) is 5.40. The molecule has 1 aliphatic heterocycles. The van der Waals surface area contributed by atoms with Gasteiger partial charge in [0, 0.05) is 5.41 Å². The van der Waals surface area contributed by atoms with E-state index in [2.05, 4.69) is 10.6 Å². The van der Waals surface area contributed by atoms with E-state index in [0.717, 1.165) is 0 Å². The first-order valence-corrected chi connectivity index (χ1v) is 7.20. The fourth-order valence-corrected chi connectivity index (χ4v) is 3.68. The van der Waals surface area contributed by atoms with E-state index in [9.17, 15) is 14.2 Å². The number of urea groups is 1. The second-order valence-electron chi connectivity index (χ2n) is 4.29. The molecule has 3 amide bonds. The molecule has 1 saturated heterocycles. The van der Waals surface area contributed by atoms with Crippen LogP contribution in [0.3, 0.4) is 0 Å². The van der Waals surface area contributed by atoms with Crippen LogP contribution in [0.25, 0.3) is 0 Å². The summed E-state index contributed by atoms with van der Waals surface area (Å²) in [5.41, 5.74) is -0.907. The zero-order valence-electron chi connectivity index (χ0n) is 9.77. The lowest BCUT2D eigenvalue weighted by Crippen LogP contribution is -2.48. The summed E-state index contributed by atoms with van der Waals surface area (Å²) >= 11 is 0. The first kappa shape index (κ1) is 14.2. The maximum atomic E-state index is 11.6. The van der Waals surface area contributed by atoms with Gasteiger partial charge in [-0.2, -0.15) is 0 Å². The van der Waals surface area contributed by atoms with E-state index in [4.69, 9.17) is 9.79 Å². The molecule has 8 heteroatoms. The summed E-state index contributed by atoms with van der Waals surface area (Å²) in [4.78, 5) is 40.8. The fraction of sp³-hybridized carbons (Fsp3) is 0.778. The molecule has 1 atom stereocenters. The predicted octanol–water partition coefficient (Wildman–Crippen LogP) is 0.178. The Labute approximate surface area is 99.1 Å². The molecule has 1 rings (SSSR count). The highest BCUT2D eigenvalue weighted by atomic mass is 31.2. The lowest BCUT2D eigenvalue weighted by molar-refractivity contribution is -0.122. The Morgan fingerprint density at radius 1 is 1.29 bits per heavy atom. The van der Waals surface area contributed by atoms with Crippen LogP contribution in [0.15, 0.2) is 0 Å². The van der Waals surface area contributed by atoms with Crippen molar-refractivity contribution in [2.24, 2.45) is 5.41 Å². The minimum atomic E-state index is -4.25. The number of nitrogens with one attached hydrogen (secondary N) is 2. The van der Waals surface area contributed by atoms with Crippen LogP contribution in [0, 0.1) is 5.41 Å². The van der Waals surface area contributed by atoms with Gasteiger partial charge in [0.2, 0.25) is 0 Å². The molecule has 4 N–H and O–H groups in total. The zero-order chi connectivity index (χ0) is 13.3. The number of rotatable bonds is 5. The summed E-state index contributed by atoms with van der Waals surface area (Å²) < 4.78 is 11.2. The molecule has 1 unspecified atom stereocenters. The monoisotopic (exact) mass is 264 g/mol. The molecular weight excluding hydrogens is 247 g/mol. The van der Waals surface area contributed by atoms with Crippen LogP contribution >= 0.6 is 7.60 Å². The third-order valence-electron chi connectivity index (χ3n) is 3.32. The van der Waals surface area contributed by atoms with Crippen molar-refractivity contribution >= 4 is 19.5 Å². The lowest BCUT2D eigenvalue weighted by Gasteiger charge is -2.35. The highest BCUT2D eigenvalue weighted by Crippen LogP contribution is 2.47. The number of amides is 3. The summed E-state index contributed by atoms with van der Waals surface area (Å²) in [5.74, 6) is -0.521. The number of hydrogen-bond donors (Lipinski definition) is 4. The SMILES string of the molecule is CCC(CC)(CP(=O)(O)O)C1NC(=O)NC1=O. The fourth-order valence-electron chi connectivity index (χ4n) is 2.23. The van der Waals surface area contributed by atoms with Crippen LogP contribution in [-0.2, 0) is 9.36 Å². The average Bonchev–Trinajstić information content (AvgIpc) is 2.53. The zero-order valence-corrected chi connectivity index (χ0v) is 10.7. The van der Waals surface area contributed by atoms with Crippen molar-refractivity contribution in [3.8, 4) is 0 Å². The van der Waals surface area contributed by atoms with Gasteiger partial charge < -0.3 is 15.1 Å². The molecule has 0 saturated carbocycles. The Morgan fingerprint density at radius 3 is 2.12 bits per heavy atom. The van der Waals surface area contributed by atoms with Crippen molar-refractivity contribution in [1.29, 1.82) is 0 Å². The molecule has 0 aromatic carbocycles. The van der Waals surface area contributed by atoms with E-state index < -0.39 is 37.2 Å². The highest BCUT2D eigenvalue weighted by molar-refractivity contribution is 7.51. The normalized spacial score (nSPS) is 21.3. The highest BCUT2D eigenvalue weighted by Gasteiger charge is 2.48. The van der Waals surface area contributed by atoms with Crippen molar-refractivity contribution in [2.75, 3.05) is 6.16 Å². The van der Waals surface area contributed by atoms with Crippen molar-refractivity contribution in [3.05, 3.63) is 0 Å². The molecule has 7 nitrogen and oxygen atoms in total. The second-order valence-corrected chi connectivity index (χ2v) is 5.93. The van der Waals surface area contributed by atoms with Crippen LogP contribution in [0.1, 0.15) is 26.7 Å². The van der Waals surface area contributed by atoms with E-state index in [-0.39, 0.29) is 0 Å². The molecule has 1 heterocycles. The molecule has 0 aliphatic carbocycles. The van der Waals surface area contributed by atoms with E-state index in [1.807, 2.05) is 0 Å². The quantitative estimate of drug-likeness (QED) is 0.417. The van der Waals surface area contributed by atoms with Gasteiger partial charge in [0.15, 0.2) is 0 Å². The molecule has 0 bridgehead atoms. The van der Waals surface area contributed by atoms with Gasteiger partial charge in [0.25, 0.3) is 5.91 Å². The van der Waals surface area contributed by atoms with Crippen molar-refractivity contribution < 1.29 is 23.9 Å². The molecule has 1 aliphatic rings. The van der Waals surface area contributed by atoms with Crippen LogP contribution in [0.4, 0.5) is 4.79 Å². The predicted molar refractivity (Wildman–Crippen MR) is 60.4 cm³/mol. The summed E-state index contributed by atoms with van der Waals surface area (Å²) in [6.07, 6.45) is 0.380. The van der Waals surface area contributed by atoms with Gasteiger partial charge in [-0.15, -0.1) is 0 Å². The summed E-state index contributed by atoms with van der Waals surface area (Å²) in [6, 6.07) is -1.49. The van der Waals surface area contributed by atoms with E-state index in [1.54, 1.807) is 13.8 Å². The topological polar surface area (TPSA) is 116 Å². The van der Waals surface area contributed by atoms with Gasteiger partial charge >= 0.3 is 13.6 Å². The smallest absolute Gasteiger partial charge is 0.325 e. The van der Waals surface area contributed by atoms with Gasteiger partial charge in [-0.25, -0.2) is 4.79 Å². The minimum absolute atomic E-state index is 0.396. The third-order valence-corrected chi connectivity index (χ3v) is 4.36. The molecule has 98 valence electrons. The van der Waals surface area contributed by atoms with Gasteiger partial charge in [0.1, 0.15) is 6.04 Å². The Morgan fingerprint density at radius 2 is 1.82 bits per heavy atom.